The molecule has 10 heteroatoms. The summed E-state index contributed by atoms with van der Waals surface area (Å²) in [5.74, 6) is -2.27. The van der Waals surface area contributed by atoms with E-state index in [4.69, 9.17) is 0 Å². The minimum absolute atomic E-state index is 0.367. The highest BCUT2D eigenvalue weighted by Crippen LogP contribution is 2.20. The standard InChI is InChI=1S/C7H5F6N3O/c8-6(9,10)3-16-2-4(1-14-16)15-5(17)7(11,12)13/h1-2H,3H2,(H,15,17). The number of carbonyl (C=O) groups is 1. The zero-order valence-corrected chi connectivity index (χ0v) is 7.93. The third kappa shape index (κ3) is 4.33. The summed E-state index contributed by atoms with van der Waals surface area (Å²) >= 11 is 0. The van der Waals surface area contributed by atoms with Crippen molar-refractivity contribution in [3.63, 3.8) is 0 Å². The maximum Gasteiger partial charge on any atom is 0.471 e. The van der Waals surface area contributed by atoms with Gasteiger partial charge >= 0.3 is 18.3 Å². The molecule has 0 saturated carbocycles. The van der Waals surface area contributed by atoms with E-state index in [1.165, 1.54) is 5.32 Å². The molecular weight excluding hydrogens is 256 g/mol. The molecule has 0 aliphatic carbocycles. The molecule has 0 aromatic carbocycles. The largest absolute Gasteiger partial charge is 0.471 e. The Hall–Kier alpha value is -1.74. The van der Waals surface area contributed by atoms with Crippen molar-refractivity contribution >= 4 is 11.6 Å². The molecule has 0 bridgehead atoms. The topological polar surface area (TPSA) is 46.9 Å². The van der Waals surface area contributed by atoms with E-state index in [2.05, 4.69) is 5.10 Å². The summed E-state index contributed by atoms with van der Waals surface area (Å²) in [7, 11) is 0. The van der Waals surface area contributed by atoms with E-state index in [9.17, 15) is 31.1 Å². The van der Waals surface area contributed by atoms with Gasteiger partial charge in [-0.05, 0) is 0 Å². The van der Waals surface area contributed by atoms with Crippen LogP contribution in [0.4, 0.5) is 32.0 Å². The first-order valence-electron chi connectivity index (χ1n) is 4.05. The summed E-state index contributed by atoms with van der Waals surface area (Å²) in [5, 5.41) is 4.52. The van der Waals surface area contributed by atoms with Crippen LogP contribution in [0.25, 0.3) is 0 Å². The van der Waals surface area contributed by atoms with E-state index in [0.29, 0.717) is 17.1 Å². The van der Waals surface area contributed by atoms with Crippen LogP contribution in [0.5, 0.6) is 0 Å². The maximum absolute atomic E-state index is 11.9. The molecule has 0 unspecified atom stereocenters. The number of carbonyl (C=O) groups excluding carboxylic acids is 1. The van der Waals surface area contributed by atoms with E-state index in [1.54, 1.807) is 0 Å². The number of aromatic nitrogens is 2. The van der Waals surface area contributed by atoms with E-state index >= 15 is 0 Å². The van der Waals surface area contributed by atoms with Crippen molar-refractivity contribution in [2.75, 3.05) is 5.32 Å². The van der Waals surface area contributed by atoms with Gasteiger partial charge in [0.2, 0.25) is 0 Å². The lowest BCUT2D eigenvalue weighted by Gasteiger charge is -2.06. The molecule has 0 spiro atoms. The van der Waals surface area contributed by atoms with Gasteiger partial charge in [-0.3, -0.25) is 9.48 Å². The second kappa shape index (κ2) is 4.26. The number of nitrogens with zero attached hydrogens (tertiary/aromatic N) is 2. The number of alkyl halides is 6. The zero-order valence-electron chi connectivity index (χ0n) is 7.93. The van der Waals surface area contributed by atoms with Crippen molar-refractivity contribution < 1.29 is 31.1 Å². The summed E-state index contributed by atoms with van der Waals surface area (Å²) in [6.07, 6.45) is -8.31. The van der Waals surface area contributed by atoms with Crippen molar-refractivity contribution in [2.45, 2.75) is 18.9 Å². The van der Waals surface area contributed by atoms with Gasteiger partial charge in [-0.1, -0.05) is 0 Å². The van der Waals surface area contributed by atoms with Crippen LogP contribution in [-0.4, -0.2) is 28.0 Å². The van der Waals surface area contributed by atoms with Crippen molar-refractivity contribution in [1.82, 2.24) is 9.78 Å². The van der Waals surface area contributed by atoms with E-state index in [0.717, 1.165) is 0 Å². The lowest BCUT2D eigenvalue weighted by Crippen LogP contribution is -2.29. The van der Waals surface area contributed by atoms with Crippen LogP contribution in [0.2, 0.25) is 0 Å². The SMILES string of the molecule is O=C(Nc1cnn(CC(F)(F)F)c1)C(F)(F)F. The predicted octanol–water partition coefficient (Wildman–Crippen LogP) is 1.95. The number of nitrogens with one attached hydrogen (secondary N) is 1. The minimum Gasteiger partial charge on any atom is -0.316 e. The van der Waals surface area contributed by atoms with Gasteiger partial charge in [0.1, 0.15) is 6.54 Å². The number of anilines is 1. The van der Waals surface area contributed by atoms with Crippen LogP contribution in [0, 0.1) is 0 Å². The maximum atomic E-state index is 11.9. The molecule has 4 nitrogen and oxygen atoms in total. The van der Waals surface area contributed by atoms with Crippen molar-refractivity contribution in [3.05, 3.63) is 12.4 Å². The number of rotatable bonds is 2. The highest BCUT2D eigenvalue weighted by Gasteiger charge is 2.39. The third-order valence-electron chi connectivity index (χ3n) is 1.49. The third-order valence-corrected chi connectivity index (χ3v) is 1.49. The van der Waals surface area contributed by atoms with Gasteiger partial charge in [0, 0.05) is 6.20 Å². The van der Waals surface area contributed by atoms with Gasteiger partial charge in [0.25, 0.3) is 0 Å². The van der Waals surface area contributed by atoms with Crippen LogP contribution < -0.4 is 5.32 Å². The van der Waals surface area contributed by atoms with Crippen molar-refractivity contribution in [2.24, 2.45) is 0 Å². The molecule has 96 valence electrons. The Morgan fingerprint density at radius 3 is 2.35 bits per heavy atom. The molecule has 0 saturated heterocycles. The Labute approximate surface area is 90.2 Å². The highest BCUT2D eigenvalue weighted by molar-refractivity contribution is 5.94. The fourth-order valence-electron chi connectivity index (χ4n) is 0.900. The molecule has 1 aromatic heterocycles. The summed E-state index contributed by atoms with van der Waals surface area (Å²) in [6, 6.07) is 0. The summed E-state index contributed by atoms with van der Waals surface area (Å²) in [4.78, 5) is 10.4. The van der Waals surface area contributed by atoms with Crippen LogP contribution in [0.3, 0.4) is 0 Å². The van der Waals surface area contributed by atoms with Crippen LogP contribution in [-0.2, 0) is 11.3 Å². The Balaban J connectivity index is 2.67. The first kappa shape index (κ1) is 13.3. The molecule has 1 N–H and O–H groups in total. The molecule has 1 rings (SSSR count). The van der Waals surface area contributed by atoms with Gasteiger partial charge in [0.05, 0.1) is 11.9 Å². The number of hydrogen-bond acceptors (Lipinski definition) is 2. The van der Waals surface area contributed by atoms with Gasteiger partial charge < -0.3 is 5.32 Å². The van der Waals surface area contributed by atoms with Crippen LogP contribution in [0.15, 0.2) is 12.4 Å². The molecule has 1 amide bonds. The first-order valence-corrected chi connectivity index (χ1v) is 4.05. The Morgan fingerprint density at radius 2 is 1.88 bits per heavy atom. The Morgan fingerprint density at radius 1 is 1.29 bits per heavy atom. The lowest BCUT2D eigenvalue weighted by molar-refractivity contribution is -0.167. The second-order valence-electron chi connectivity index (χ2n) is 2.99. The molecule has 0 aliphatic rings. The first-order chi connectivity index (χ1) is 7.58. The summed E-state index contributed by atoms with van der Waals surface area (Å²) < 4.78 is 71.4. The molecule has 17 heavy (non-hydrogen) atoms. The molecule has 1 heterocycles. The average Bonchev–Trinajstić information content (AvgIpc) is 2.47. The molecule has 0 aliphatic heterocycles. The fourth-order valence-corrected chi connectivity index (χ4v) is 0.900. The minimum atomic E-state index is -5.11. The predicted molar refractivity (Wildman–Crippen MR) is 43.0 cm³/mol. The molecule has 1 aromatic rings. The monoisotopic (exact) mass is 261 g/mol. The normalized spacial score (nSPS) is 12.6. The summed E-state index contributed by atoms with van der Waals surface area (Å²) in [6.45, 7) is -1.45. The fraction of sp³-hybridized carbons (Fsp3) is 0.429. The Bertz CT molecular complexity index is 406. The van der Waals surface area contributed by atoms with E-state index in [-0.39, 0.29) is 0 Å². The quantitative estimate of drug-likeness (QED) is 0.827. The van der Waals surface area contributed by atoms with Crippen LogP contribution in [0.1, 0.15) is 0 Å². The smallest absolute Gasteiger partial charge is 0.316 e. The Kier molecular flexibility index (Phi) is 3.34. The average molecular weight is 261 g/mol. The number of halogens is 6. The van der Waals surface area contributed by atoms with Crippen molar-refractivity contribution in [1.29, 1.82) is 0 Å². The second-order valence-corrected chi connectivity index (χ2v) is 2.99. The zero-order chi connectivity index (χ0) is 13.3. The molecule has 0 fully saturated rings. The van der Waals surface area contributed by atoms with E-state index < -0.39 is 30.5 Å². The highest BCUT2D eigenvalue weighted by atomic mass is 19.4. The number of hydrogen-bond donors (Lipinski definition) is 1. The van der Waals surface area contributed by atoms with Gasteiger partial charge in [-0.15, -0.1) is 0 Å². The van der Waals surface area contributed by atoms with E-state index in [1.807, 2.05) is 0 Å². The van der Waals surface area contributed by atoms with Gasteiger partial charge in [-0.25, -0.2) is 0 Å². The summed E-state index contributed by atoms with van der Waals surface area (Å²) in [5.41, 5.74) is -0.462. The van der Waals surface area contributed by atoms with Crippen LogP contribution >= 0.6 is 0 Å². The molecular formula is C7H5F6N3O. The molecule has 0 radical (unpaired) electrons. The van der Waals surface area contributed by atoms with Gasteiger partial charge in [0.15, 0.2) is 0 Å². The number of amides is 1. The lowest BCUT2D eigenvalue weighted by atomic mass is 10.5. The van der Waals surface area contributed by atoms with Gasteiger partial charge in [-0.2, -0.15) is 31.4 Å². The molecule has 0 atom stereocenters. The van der Waals surface area contributed by atoms with Crippen molar-refractivity contribution in [3.8, 4) is 0 Å².